The van der Waals surface area contributed by atoms with Gasteiger partial charge in [0.05, 0.1) is 13.2 Å². The normalized spacial score (nSPS) is 14.9. The first-order valence-electron chi connectivity index (χ1n) is 8.20. The third kappa shape index (κ3) is 4.85. The molecular weight excluding hydrogens is 365 g/mol. The predicted octanol–water partition coefficient (Wildman–Crippen LogP) is 2.01. The van der Waals surface area contributed by atoms with Crippen molar-refractivity contribution in [2.24, 2.45) is 0 Å². The Kier molecular flexibility index (Phi) is 5.45. The van der Waals surface area contributed by atoms with Gasteiger partial charge in [-0.25, -0.2) is 0 Å². The average molecular weight is 382 g/mol. The molecule has 2 amide bonds. The first kappa shape index (κ1) is 18.9. The van der Waals surface area contributed by atoms with Crippen LogP contribution in [0.2, 0.25) is 0 Å². The molecule has 3 rings (SSSR count). The minimum absolute atomic E-state index is 0.170. The van der Waals surface area contributed by atoms with Crippen molar-refractivity contribution in [3.8, 4) is 0 Å². The van der Waals surface area contributed by atoms with E-state index in [1.165, 1.54) is 6.07 Å². The maximum atomic E-state index is 12.5. The van der Waals surface area contributed by atoms with Crippen molar-refractivity contribution < 1.29 is 27.5 Å². The molecule has 1 N–H and O–H groups in total. The molecule has 2 aromatic rings. The van der Waals surface area contributed by atoms with Gasteiger partial charge in [-0.3, -0.25) is 14.3 Å². The molecule has 1 aromatic heterocycles. The Morgan fingerprint density at radius 3 is 2.59 bits per heavy atom. The molecule has 0 spiro atoms. The zero-order valence-corrected chi connectivity index (χ0v) is 14.2. The molecule has 144 valence electrons. The Morgan fingerprint density at radius 1 is 1.19 bits per heavy atom. The van der Waals surface area contributed by atoms with Gasteiger partial charge in [0.2, 0.25) is 5.91 Å². The summed E-state index contributed by atoms with van der Waals surface area (Å²) in [6.07, 6.45) is -3.48. The highest BCUT2D eigenvalue weighted by Crippen LogP contribution is 2.27. The number of nitrogens with one attached hydrogen (secondary N) is 1. The summed E-state index contributed by atoms with van der Waals surface area (Å²) in [7, 11) is 0. The van der Waals surface area contributed by atoms with E-state index in [1.54, 1.807) is 23.1 Å². The number of benzene rings is 1. The highest BCUT2D eigenvalue weighted by atomic mass is 19.4. The summed E-state index contributed by atoms with van der Waals surface area (Å²) in [6, 6.07) is 7.18. The van der Waals surface area contributed by atoms with Gasteiger partial charge in [0.1, 0.15) is 6.54 Å². The monoisotopic (exact) mass is 382 g/mol. The fourth-order valence-corrected chi connectivity index (χ4v) is 2.63. The summed E-state index contributed by atoms with van der Waals surface area (Å²) in [6.45, 7) is 1.57. The molecular formula is C17H17F3N4O3. The lowest BCUT2D eigenvalue weighted by atomic mass is 10.1. The fourth-order valence-electron chi connectivity index (χ4n) is 2.63. The van der Waals surface area contributed by atoms with Crippen molar-refractivity contribution in [3.63, 3.8) is 0 Å². The van der Waals surface area contributed by atoms with Gasteiger partial charge in [0.25, 0.3) is 5.91 Å². The van der Waals surface area contributed by atoms with Gasteiger partial charge in [0.15, 0.2) is 5.69 Å². The van der Waals surface area contributed by atoms with E-state index in [1.807, 2.05) is 0 Å². The number of rotatable bonds is 4. The van der Waals surface area contributed by atoms with E-state index >= 15 is 0 Å². The molecule has 10 heteroatoms. The van der Waals surface area contributed by atoms with E-state index in [4.69, 9.17) is 4.74 Å². The number of carbonyl (C=O) groups excluding carboxylic acids is 2. The number of halogens is 3. The van der Waals surface area contributed by atoms with Gasteiger partial charge in [0, 0.05) is 30.5 Å². The quantitative estimate of drug-likeness (QED) is 0.878. The Hall–Kier alpha value is -2.88. The highest BCUT2D eigenvalue weighted by Gasteiger charge is 2.33. The number of amides is 2. The van der Waals surface area contributed by atoms with E-state index in [2.05, 4.69) is 10.4 Å². The lowest BCUT2D eigenvalue weighted by Crippen LogP contribution is -2.40. The summed E-state index contributed by atoms with van der Waals surface area (Å²) in [5, 5.41) is 5.89. The van der Waals surface area contributed by atoms with Crippen LogP contribution in [0.25, 0.3) is 0 Å². The van der Waals surface area contributed by atoms with Crippen LogP contribution in [-0.4, -0.2) is 52.8 Å². The Bertz CT molecular complexity index is 829. The number of ether oxygens (including phenoxy) is 1. The zero-order valence-electron chi connectivity index (χ0n) is 14.2. The minimum atomic E-state index is -4.56. The van der Waals surface area contributed by atoms with Gasteiger partial charge in [-0.05, 0) is 24.3 Å². The summed E-state index contributed by atoms with van der Waals surface area (Å²) in [5.41, 5.74) is -0.274. The summed E-state index contributed by atoms with van der Waals surface area (Å²) < 4.78 is 43.7. The molecule has 0 aliphatic carbocycles. The van der Waals surface area contributed by atoms with Crippen LogP contribution in [-0.2, 0) is 22.3 Å². The fraction of sp³-hybridized carbons (Fsp3) is 0.353. The van der Waals surface area contributed by atoms with Crippen LogP contribution < -0.4 is 5.32 Å². The molecule has 0 unspecified atom stereocenters. The molecule has 2 heterocycles. The van der Waals surface area contributed by atoms with E-state index in [0.717, 1.165) is 16.9 Å². The van der Waals surface area contributed by atoms with E-state index in [0.29, 0.717) is 37.6 Å². The molecule has 1 aromatic carbocycles. The molecule has 1 aliphatic heterocycles. The number of aromatic nitrogens is 2. The third-order valence-electron chi connectivity index (χ3n) is 3.93. The average Bonchev–Trinajstić information content (AvgIpc) is 3.11. The summed E-state index contributed by atoms with van der Waals surface area (Å²) in [4.78, 5) is 26.2. The second-order valence-electron chi connectivity index (χ2n) is 5.93. The second-order valence-corrected chi connectivity index (χ2v) is 5.93. The van der Waals surface area contributed by atoms with E-state index < -0.39 is 17.8 Å². The molecule has 27 heavy (non-hydrogen) atoms. The maximum absolute atomic E-state index is 12.5. The number of alkyl halides is 3. The SMILES string of the molecule is O=C(Cn1ccc(C(F)(F)F)n1)Nc1cccc(C(=O)N2CCOCC2)c1. The first-order valence-corrected chi connectivity index (χ1v) is 8.20. The third-order valence-corrected chi connectivity index (χ3v) is 3.93. The lowest BCUT2D eigenvalue weighted by molar-refractivity contribution is -0.141. The number of hydrogen-bond donors (Lipinski definition) is 1. The van der Waals surface area contributed by atoms with Gasteiger partial charge in [-0.2, -0.15) is 18.3 Å². The van der Waals surface area contributed by atoms with Crippen LogP contribution in [0.5, 0.6) is 0 Å². The summed E-state index contributed by atoms with van der Waals surface area (Å²) >= 11 is 0. The van der Waals surface area contributed by atoms with Gasteiger partial charge in [-0.1, -0.05) is 6.07 Å². The largest absolute Gasteiger partial charge is 0.435 e. The first-order chi connectivity index (χ1) is 12.8. The summed E-state index contributed by atoms with van der Waals surface area (Å²) in [5.74, 6) is -0.723. The zero-order chi connectivity index (χ0) is 19.4. The standard InChI is InChI=1S/C17H17F3N4O3/c18-17(19,20)14-4-5-24(22-14)11-15(25)21-13-3-1-2-12(10-13)16(26)23-6-8-27-9-7-23/h1-5,10H,6-9,11H2,(H,21,25). The van der Waals surface area contributed by atoms with Crippen molar-refractivity contribution in [1.29, 1.82) is 0 Å². The van der Waals surface area contributed by atoms with Crippen molar-refractivity contribution in [3.05, 3.63) is 47.8 Å². The van der Waals surface area contributed by atoms with Crippen molar-refractivity contribution >= 4 is 17.5 Å². The van der Waals surface area contributed by atoms with E-state index in [9.17, 15) is 22.8 Å². The van der Waals surface area contributed by atoms with Crippen LogP contribution >= 0.6 is 0 Å². The van der Waals surface area contributed by atoms with E-state index in [-0.39, 0.29) is 12.5 Å². The number of anilines is 1. The van der Waals surface area contributed by atoms with Crippen LogP contribution in [0.3, 0.4) is 0 Å². The van der Waals surface area contributed by atoms with Gasteiger partial charge in [-0.15, -0.1) is 0 Å². The molecule has 0 radical (unpaired) electrons. The Labute approximate surface area is 152 Å². The second kappa shape index (κ2) is 7.78. The lowest BCUT2D eigenvalue weighted by Gasteiger charge is -2.27. The van der Waals surface area contributed by atoms with Crippen LogP contribution in [0.1, 0.15) is 16.1 Å². The molecule has 0 saturated carbocycles. The molecule has 7 nitrogen and oxygen atoms in total. The van der Waals surface area contributed by atoms with Crippen molar-refractivity contribution in [2.45, 2.75) is 12.7 Å². The number of morpholine rings is 1. The molecule has 1 aliphatic rings. The minimum Gasteiger partial charge on any atom is -0.378 e. The number of nitrogens with zero attached hydrogens (tertiary/aromatic N) is 3. The molecule has 1 saturated heterocycles. The number of carbonyl (C=O) groups is 2. The number of hydrogen-bond acceptors (Lipinski definition) is 4. The maximum Gasteiger partial charge on any atom is 0.435 e. The van der Waals surface area contributed by atoms with Gasteiger partial charge < -0.3 is 15.0 Å². The molecule has 0 atom stereocenters. The predicted molar refractivity (Wildman–Crippen MR) is 89.0 cm³/mol. The van der Waals surface area contributed by atoms with Crippen LogP contribution in [0.15, 0.2) is 36.5 Å². The van der Waals surface area contributed by atoms with Crippen LogP contribution in [0.4, 0.5) is 18.9 Å². The topological polar surface area (TPSA) is 76.5 Å². The van der Waals surface area contributed by atoms with Crippen LogP contribution in [0, 0.1) is 0 Å². The molecule has 0 bridgehead atoms. The Morgan fingerprint density at radius 2 is 1.93 bits per heavy atom. The molecule has 1 fully saturated rings. The van der Waals surface area contributed by atoms with Gasteiger partial charge >= 0.3 is 6.18 Å². The smallest absolute Gasteiger partial charge is 0.378 e. The highest BCUT2D eigenvalue weighted by molar-refractivity contribution is 5.97. The van der Waals surface area contributed by atoms with Crippen molar-refractivity contribution in [2.75, 3.05) is 31.6 Å². The Balaban J connectivity index is 1.62. The van der Waals surface area contributed by atoms with Crippen molar-refractivity contribution in [1.82, 2.24) is 14.7 Å².